The normalized spacial score (nSPS) is 15.0. The molecule has 1 fully saturated rings. The molecule has 0 saturated carbocycles. The first kappa shape index (κ1) is 101. The summed E-state index contributed by atoms with van der Waals surface area (Å²) in [6, 6.07) is 119. The zero-order valence-corrected chi connectivity index (χ0v) is 89.4. The number of piperazine rings is 1. The van der Waals surface area contributed by atoms with Gasteiger partial charge in [-0.25, -0.2) is 39.9 Å². The van der Waals surface area contributed by atoms with Gasteiger partial charge in [-0.05, 0) is 275 Å². The lowest BCUT2D eigenvalue weighted by Gasteiger charge is -2.34. The van der Waals surface area contributed by atoms with E-state index in [1.54, 1.807) is 7.11 Å². The lowest BCUT2D eigenvalue weighted by atomic mass is 9.78. The van der Waals surface area contributed by atoms with E-state index in [4.69, 9.17) is 40.4 Å². The highest BCUT2D eigenvalue weighted by atomic mass is 79.9. The predicted octanol–water partition coefficient (Wildman–Crippen LogP) is 27.4. The molecule has 1 saturated heterocycles. The fraction of sp³-hybridized carbons (Fsp3) is 0.208. The summed E-state index contributed by atoms with van der Waals surface area (Å²) in [4.78, 5) is 50.3. The average Bonchev–Trinajstić information content (AvgIpc) is 0.770. The lowest BCUT2D eigenvalue weighted by molar-refractivity contribution is 0.0976. The van der Waals surface area contributed by atoms with Gasteiger partial charge >= 0.3 is 0 Å². The van der Waals surface area contributed by atoms with Crippen LogP contribution in [-0.4, -0.2) is 146 Å². The van der Waals surface area contributed by atoms with Crippen LogP contribution < -0.4 is 32.3 Å². The van der Waals surface area contributed by atoms with E-state index in [0.717, 1.165) is 198 Å². The highest BCUT2D eigenvalue weighted by Crippen LogP contribution is 2.48. The Labute approximate surface area is 901 Å². The largest absolute Gasteiger partial charge is 0.385 e. The zero-order chi connectivity index (χ0) is 101. The number of fused-ring (bicyclic) bond motifs is 12. The third-order valence-corrected chi connectivity index (χ3v) is 30.3. The van der Waals surface area contributed by atoms with Gasteiger partial charge in [0.2, 0.25) is 23.8 Å². The monoisotopic (exact) mass is 2200 g/mol. The number of nitrogens with two attached hydrogens (primary N) is 1. The first-order valence-electron chi connectivity index (χ1n) is 51.0. The summed E-state index contributed by atoms with van der Waals surface area (Å²) in [6.07, 6.45) is 18.2. The number of pyridine rings is 1. The van der Waals surface area contributed by atoms with Crippen molar-refractivity contribution in [2.75, 3.05) is 113 Å². The van der Waals surface area contributed by atoms with Crippen LogP contribution in [-0.2, 0) is 62.5 Å². The Bertz CT molecular complexity index is 7530. The van der Waals surface area contributed by atoms with Crippen LogP contribution in [0.5, 0.6) is 0 Å². The van der Waals surface area contributed by atoms with Crippen LogP contribution in [0.4, 0.5) is 52.2 Å². The van der Waals surface area contributed by atoms with Crippen LogP contribution in [0.2, 0.25) is 0 Å². The van der Waals surface area contributed by atoms with Crippen LogP contribution in [0.1, 0.15) is 118 Å². The van der Waals surface area contributed by atoms with E-state index in [1.165, 1.54) is 111 Å². The quantitative estimate of drug-likeness (QED) is 0.0246. The molecule has 18 aromatic rings. The Morgan fingerprint density at radius 2 is 0.649 bits per heavy atom. The molecule has 5 aromatic heterocycles. The minimum atomic E-state index is 0.283. The number of hydrogen-bond donors (Lipinski definition) is 6. The van der Waals surface area contributed by atoms with Gasteiger partial charge in [0.25, 0.3) is 0 Å². The van der Waals surface area contributed by atoms with Gasteiger partial charge in [0.05, 0.1) is 29.4 Å². The molecule has 23 heteroatoms. The first-order valence-corrected chi connectivity index (χ1v) is 54.2. The summed E-state index contributed by atoms with van der Waals surface area (Å²) in [5.41, 5.74) is 41.0. The summed E-state index contributed by atoms with van der Waals surface area (Å²) in [5, 5.41) is 17.1. The minimum absolute atomic E-state index is 0.283. The van der Waals surface area contributed by atoms with Crippen LogP contribution in [0, 0.1) is 0 Å². The Morgan fingerprint density at radius 1 is 0.324 bits per heavy atom. The Balaban J connectivity index is 0.000000120. The average molecular weight is 2210 g/mol. The third kappa shape index (κ3) is 25.9. The second-order valence-corrected chi connectivity index (χ2v) is 41.9. The van der Waals surface area contributed by atoms with Crippen molar-refractivity contribution in [3.05, 3.63) is 483 Å². The molecular formula is C125H118Br4N18O. The molecule has 742 valence electrons. The number of aromatic nitrogens is 9. The van der Waals surface area contributed by atoms with Gasteiger partial charge in [0.15, 0.2) is 0 Å². The summed E-state index contributed by atoms with van der Waals surface area (Å²) in [5.74, 6) is 3.63. The van der Waals surface area contributed by atoms with Gasteiger partial charge in [-0.1, -0.05) is 282 Å². The minimum Gasteiger partial charge on any atom is -0.385 e. The van der Waals surface area contributed by atoms with Crippen molar-refractivity contribution in [1.82, 2.24) is 59.6 Å². The Kier molecular flexibility index (Phi) is 33.7. The number of nitrogens with one attached hydrogen (secondary N) is 5. The molecule has 1 aliphatic heterocycles. The van der Waals surface area contributed by atoms with Gasteiger partial charge in [-0.2, -0.15) is 0 Å². The smallest absolute Gasteiger partial charge is 0.227 e. The molecule has 0 radical (unpaired) electrons. The maximum Gasteiger partial charge on any atom is 0.227 e. The van der Waals surface area contributed by atoms with E-state index in [9.17, 15) is 0 Å². The zero-order valence-electron chi connectivity index (χ0n) is 83.0. The number of likely N-dealkylation sites (N-methyl/N-ethyl adjacent to an activating group) is 1. The van der Waals surface area contributed by atoms with E-state index in [0.29, 0.717) is 36.3 Å². The van der Waals surface area contributed by atoms with Gasteiger partial charge in [0.1, 0.15) is 0 Å². The Hall–Kier alpha value is -14.0. The molecule has 13 aromatic carbocycles. The van der Waals surface area contributed by atoms with Crippen LogP contribution >= 0.6 is 63.7 Å². The fourth-order valence-electron chi connectivity index (χ4n) is 20.5. The topological polar surface area (TPSA) is 221 Å². The third-order valence-electron chi connectivity index (χ3n) is 28.4. The van der Waals surface area contributed by atoms with Gasteiger partial charge < -0.3 is 46.9 Å². The van der Waals surface area contributed by atoms with Crippen LogP contribution in [0.15, 0.2) is 389 Å². The summed E-state index contributed by atoms with van der Waals surface area (Å²) in [6.45, 7) is 11.0. The number of ether oxygens (including phenoxy) is 1. The number of hydrogen-bond acceptors (Lipinski definition) is 19. The predicted molar refractivity (Wildman–Crippen MR) is 617 cm³/mol. The number of halogens is 4. The highest BCUT2D eigenvalue weighted by molar-refractivity contribution is 9.11. The van der Waals surface area contributed by atoms with E-state index in [-0.39, 0.29) is 17.8 Å². The van der Waals surface area contributed by atoms with Crippen molar-refractivity contribution >= 4 is 116 Å². The number of anilines is 9. The molecule has 23 rings (SSSR count). The van der Waals surface area contributed by atoms with Crippen molar-refractivity contribution in [3.63, 3.8) is 0 Å². The number of benzene rings is 13. The molecule has 7 N–H and O–H groups in total. The van der Waals surface area contributed by atoms with Crippen molar-refractivity contribution in [1.29, 1.82) is 0 Å². The maximum absolute atomic E-state index is 5.64. The molecular weight excluding hydrogens is 2090 g/mol. The standard InChI is InChI=1S/C34H32BrN5.C33H36BrN5O.C32H27BrN4.C26H23BrN4/c1-40(20-17-28-9-4-5-18-36-28)19-16-24-12-14-29(15-13-24)38-34-37-23-26-22-32(25-7-6-8-27(35)21-25)30-10-2-3-11-31(30)33(26)39-34;1-40-20-19-39-17-15-38(16-18-39)14-13-24-9-11-28(12-10-24)36-33-35-23-26-22-31(25-5-4-6-27(34)21-25)29-7-2-3-8-30(29)32(26)37-33;33-25-8-6-7-23(19-25)30-20-24-21-35-32(37-31(24)29-12-5-4-11-28(29)30)36-27-15-13-22(14-16-27)17-18-34-26-9-2-1-3-10-26;27-20-5-3-4-18(14-20)24-15-19-16-29-26(30-21-10-8-17(9-11-21)12-13-28)31-25(19)23-7-2-1-6-22(23)24/h2-15,18,21,23,32H,16-17,19-20,22H2,1H3,(H,37,38,39);2-12,21,23,31H,13-20,22H2,1H3,(H,35,36,37);1-16,19,21,30,34H,17-18,20H2,(H,35,36,37);1-11,14,16,24H,12-13,15,28H2,(H,29,30,31). The highest BCUT2D eigenvalue weighted by Gasteiger charge is 2.34. The van der Waals surface area contributed by atoms with Crippen molar-refractivity contribution in [2.45, 2.75) is 81.5 Å². The summed E-state index contributed by atoms with van der Waals surface area (Å²) in [7, 11) is 3.95. The van der Waals surface area contributed by atoms with Crippen molar-refractivity contribution < 1.29 is 4.74 Å². The fourth-order valence-corrected chi connectivity index (χ4v) is 22.2. The van der Waals surface area contributed by atoms with E-state index in [2.05, 4.69) is 424 Å². The second kappa shape index (κ2) is 49.2. The lowest BCUT2D eigenvalue weighted by Crippen LogP contribution is -2.47. The Morgan fingerprint density at radius 3 is 0.993 bits per heavy atom. The molecule has 4 atom stereocenters. The summed E-state index contributed by atoms with van der Waals surface area (Å²) >= 11 is 14.5. The summed E-state index contributed by atoms with van der Waals surface area (Å²) < 4.78 is 9.62. The number of para-hydroxylation sites is 1. The van der Waals surface area contributed by atoms with Crippen LogP contribution in [0.3, 0.4) is 0 Å². The molecule has 6 heterocycles. The van der Waals surface area contributed by atoms with E-state index >= 15 is 0 Å². The molecule has 0 bridgehead atoms. The van der Waals surface area contributed by atoms with E-state index in [1.807, 2.05) is 73.4 Å². The van der Waals surface area contributed by atoms with Crippen molar-refractivity contribution in [3.8, 4) is 45.0 Å². The SMILES string of the molecule is Brc1cccc(C2Cc3cnc(Nc4ccc(CCNc5ccccc5)cc4)nc3-c3ccccc32)c1.CN(CCc1ccc(Nc2ncc3c(n2)-c2ccccc2C(c2cccc(Br)c2)C3)cc1)CCc1ccccn1.COCCN1CCN(CCc2ccc(Nc3ncc4c(n3)-c3ccccc3C(c3cccc(Br)c3)C4)cc2)CC1.NCCc1ccc(Nc2ncc3c(n2)-c2ccccc2C(c2cccc(Br)c2)C3)cc1. The molecule has 148 heavy (non-hydrogen) atoms. The van der Waals surface area contributed by atoms with E-state index < -0.39 is 0 Å². The molecule has 5 aliphatic rings. The molecule has 0 amide bonds. The van der Waals surface area contributed by atoms with Gasteiger partial charge in [-0.3, -0.25) is 9.88 Å². The second-order valence-electron chi connectivity index (χ2n) is 38.3. The molecule has 4 aliphatic carbocycles. The number of rotatable bonds is 30. The molecule has 19 nitrogen and oxygen atoms in total. The van der Waals surface area contributed by atoms with Crippen LogP contribution in [0.25, 0.3) is 45.0 Å². The van der Waals surface area contributed by atoms with Crippen molar-refractivity contribution in [2.24, 2.45) is 5.73 Å². The maximum atomic E-state index is 5.64. The first-order chi connectivity index (χ1) is 72.7. The van der Waals surface area contributed by atoms with Gasteiger partial charge in [-0.15, -0.1) is 0 Å². The molecule has 0 spiro atoms. The number of methoxy groups -OCH3 is 1. The van der Waals surface area contributed by atoms with Gasteiger partial charge in [0, 0.05) is 201 Å². The number of nitrogens with zero attached hydrogens (tertiary/aromatic N) is 12. The molecule has 4 unspecified atom stereocenters.